The summed E-state index contributed by atoms with van der Waals surface area (Å²) in [6.07, 6.45) is 2.68. The quantitative estimate of drug-likeness (QED) is 0.910. The average Bonchev–Trinajstić information content (AvgIpc) is 3.14. The Morgan fingerprint density at radius 2 is 2.00 bits per heavy atom. The van der Waals surface area contributed by atoms with Gasteiger partial charge in [0.15, 0.2) is 0 Å². The molecule has 1 fully saturated rings. The molecule has 1 aliphatic rings. The first kappa shape index (κ1) is 16.2. The maximum absolute atomic E-state index is 12.6. The van der Waals surface area contributed by atoms with Gasteiger partial charge in [-0.2, -0.15) is 5.10 Å². The van der Waals surface area contributed by atoms with Crippen molar-refractivity contribution in [3.63, 3.8) is 0 Å². The molecule has 2 amide bonds. The van der Waals surface area contributed by atoms with E-state index in [-0.39, 0.29) is 17.4 Å². The summed E-state index contributed by atoms with van der Waals surface area (Å²) >= 11 is 0. The van der Waals surface area contributed by atoms with Crippen molar-refractivity contribution in [3.05, 3.63) is 36.5 Å². The molecule has 126 valence electrons. The van der Waals surface area contributed by atoms with Crippen LogP contribution in [0.25, 0.3) is 11.1 Å². The number of hydrogen-bond donors (Lipinski definition) is 2. The van der Waals surface area contributed by atoms with Gasteiger partial charge in [-0.25, -0.2) is 4.68 Å². The molecule has 6 heteroatoms. The van der Waals surface area contributed by atoms with Crippen LogP contribution in [0.15, 0.2) is 36.5 Å². The van der Waals surface area contributed by atoms with Gasteiger partial charge in [0.05, 0.1) is 11.7 Å². The van der Waals surface area contributed by atoms with Crippen LogP contribution < -0.4 is 10.6 Å². The molecule has 24 heavy (non-hydrogen) atoms. The Labute approximate surface area is 141 Å². The smallest absolute Gasteiger partial charge is 0.248 e. The predicted octanol–water partition coefficient (Wildman–Crippen LogP) is 2.52. The molecule has 1 saturated heterocycles. The van der Waals surface area contributed by atoms with Crippen LogP contribution in [0.2, 0.25) is 0 Å². The van der Waals surface area contributed by atoms with Crippen LogP contribution in [0.1, 0.15) is 33.6 Å². The van der Waals surface area contributed by atoms with Gasteiger partial charge in [-0.3, -0.25) is 9.59 Å². The van der Waals surface area contributed by atoms with Crippen LogP contribution >= 0.6 is 0 Å². The van der Waals surface area contributed by atoms with Gasteiger partial charge in [0.25, 0.3) is 0 Å². The van der Waals surface area contributed by atoms with E-state index in [1.165, 1.54) is 0 Å². The molecular weight excluding hydrogens is 304 g/mol. The second-order valence-corrected chi connectivity index (χ2v) is 7.00. The second kappa shape index (κ2) is 6.11. The number of hydrogen-bond acceptors (Lipinski definition) is 3. The van der Waals surface area contributed by atoms with Gasteiger partial charge < -0.3 is 10.6 Å². The summed E-state index contributed by atoms with van der Waals surface area (Å²) in [6, 6.07) is 9.33. The SMILES string of the molecule is CC(C)(C)n1ncc(-c2ccccc2)c1NC(=O)C1CCC(=O)N1. The third-order valence-corrected chi connectivity index (χ3v) is 4.04. The fourth-order valence-corrected chi connectivity index (χ4v) is 2.82. The summed E-state index contributed by atoms with van der Waals surface area (Å²) in [5.74, 6) is 0.367. The summed E-state index contributed by atoms with van der Waals surface area (Å²) in [4.78, 5) is 23.9. The first-order valence-electron chi connectivity index (χ1n) is 8.10. The lowest BCUT2D eigenvalue weighted by molar-refractivity contribution is -0.122. The molecule has 0 aliphatic carbocycles. The van der Waals surface area contributed by atoms with E-state index >= 15 is 0 Å². The largest absolute Gasteiger partial charge is 0.344 e. The normalized spacial score (nSPS) is 17.6. The van der Waals surface area contributed by atoms with Crippen molar-refractivity contribution in [1.29, 1.82) is 0 Å². The Morgan fingerprint density at radius 1 is 1.29 bits per heavy atom. The maximum Gasteiger partial charge on any atom is 0.248 e. The monoisotopic (exact) mass is 326 g/mol. The van der Waals surface area contributed by atoms with E-state index in [2.05, 4.69) is 15.7 Å². The van der Waals surface area contributed by atoms with E-state index in [1.807, 2.05) is 55.8 Å². The number of rotatable bonds is 3. The van der Waals surface area contributed by atoms with Gasteiger partial charge >= 0.3 is 0 Å². The zero-order valence-electron chi connectivity index (χ0n) is 14.2. The first-order valence-corrected chi connectivity index (χ1v) is 8.10. The molecule has 0 saturated carbocycles. The van der Waals surface area contributed by atoms with E-state index in [9.17, 15) is 9.59 Å². The van der Waals surface area contributed by atoms with E-state index < -0.39 is 6.04 Å². The van der Waals surface area contributed by atoms with Gasteiger partial charge in [-0.15, -0.1) is 0 Å². The van der Waals surface area contributed by atoms with Crippen molar-refractivity contribution in [3.8, 4) is 11.1 Å². The number of nitrogens with one attached hydrogen (secondary N) is 2. The molecular formula is C18H22N4O2. The minimum atomic E-state index is -0.482. The molecule has 0 spiro atoms. The Bertz CT molecular complexity index is 759. The highest BCUT2D eigenvalue weighted by Crippen LogP contribution is 2.32. The van der Waals surface area contributed by atoms with Crippen molar-refractivity contribution in [2.75, 3.05) is 5.32 Å². The molecule has 1 aliphatic heterocycles. The van der Waals surface area contributed by atoms with E-state index in [1.54, 1.807) is 6.20 Å². The Kier molecular flexibility index (Phi) is 4.13. The molecule has 0 radical (unpaired) electrons. The van der Waals surface area contributed by atoms with Crippen LogP contribution in [-0.4, -0.2) is 27.6 Å². The van der Waals surface area contributed by atoms with Gasteiger partial charge in [-0.1, -0.05) is 30.3 Å². The van der Waals surface area contributed by atoms with Crippen molar-refractivity contribution in [2.24, 2.45) is 0 Å². The van der Waals surface area contributed by atoms with Gasteiger partial charge in [-0.05, 0) is 32.8 Å². The van der Waals surface area contributed by atoms with Crippen LogP contribution in [0.4, 0.5) is 5.82 Å². The van der Waals surface area contributed by atoms with Gasteiger partial charge in [0.1, 0.15) is 11.9 Å². The standard InChI is InChI=1S/C18H22N4O2/c1-18(2,3)22-16(21-17(24)14-9-10-15(23)20-14)13(11-19-22)12-7-5-4-6-8-12/h4-8,11,14H,9-10H2,1-3H3,(H,20,23)(H,21,24). The fraction of sp³-hybridized carbons (Fsp3) is 0.389. The highest BCUT2D eigenvalue weighted by Gasteiger charge is 2.30. The van der Waals surface area contributed by atoms with E-state index in [0.717, 1.165) is 11.1 Å². The van der Waals surface area contributed by atoms with Crippen LogP contribution in [0.3, 0.4) is 0 Å². The Morgan fingerprint density at radius 3 is 2.58 bits per heavy atom. The molecule has 0 bridgehead atoms. The number of anilines is 1. The van der Waals surface area contributed by atoms with Crippen LogP contribution in [0.5, 0.6) is 0 Å². The van der Waals surface area contributed by atoms with Gasteiger partial charge in [0.2, 0.25) is 11.8 Å². The summed E-state index contributed by atoms with van der Waals surface area (Å²) in [7, 11) is 0. The molecule has 6 nitrogen and oxygen atoms in total. The molecule has 2 aromatic rings. The zero-order chi connectivity index (χ0) is 17.3. The van der Waals surface area contributed by atoms with Crippen molar-refractivity contribution < 1.29 is 9.59 Å². The number of carbonyl (C=O) groups is 2. The second-order valence-electron chi connectivity index (χ2n) is 7.00. The molecule has 1 atom stereocenters. The Balaban J connectivity index is 1.96. The zero-order valence-corrected chi connectivity index (χ0v) is 14.2. The van der Waals surface area contributed by atoms with E-state index in [0.29, 0.717) is 18.7 Å². The number of nitrogens with zero attached hydrogens (tertiary/aromatic N) is 2. The lowest BCUT2D eigenvalue weighted by Crippen LogP contribution is -2.38. The number of benzene rings is 1. The maximum atomic E-state index is 12.6. The molecule has 3 rings (SSSR count). The molecule has 2 heterocycles. The lowest BCUT2D eigenvalue weighted by atomic mass is 10.1. The van der Waals surface area contributed by atoms with Crippen LogP contribution in [0, 0.1) is 0 Å². The molecule has 1 unspecified atom stereocenters. The highest BCUT2D eigenvalue weighted by atomic mass is 16.2. The number of carbonyl (C=O) groups excluding carboxylic acids is 2. The highest BCUT2D eigenvalue weighted by molar-refractivity contribution is 6.00. The topological polar surface area (TPSA) is 76.0 Å². The predicted molar refractivity (Wildman–Crippen MR) is 92.5 cm³/mol. The van der Waals surface area contributed by atoms with Crippen molar-refractivity contribution >= 4 is 17.6 Å². The fourth-order valence-electron chi connectivity index (χ4n) is 2.82. The van der Waals surface area contributed by atoms with Gasteiger partial charge in [0, 0.05) is 12.0 Å². The average molecular weight is 326 g/mol. The van der Waals surface area contributed by atoms with Crippen molar-refractivity contribution in [1.82, 2.24) is 15.1 Å². The third kappa shape index (κ3) is 3.18. The minimum Gasteiger partial charge on any atom is -0.344 e. The Hall–Kier alpha value is -2.63. The summed E-state index contributed by atoms with van der Waals surface area (Å²) in [5, 5.41) is 10.1. The third-order valence-electron chi connectivity index (χ3n) is 4.04. The molecule has 1 aromatic carbocycles. The van der Waals surface area contributed by atoms with Crippen LogP contribution in [-0.2, 0) is 15.1 Å². The number of amides is 2. The summed E-state index contributed by atoms with van der Waals surface area (Å²) in [5.41, 5.74) is 1.57. The van der Waals surface area contributed by atoms with Crippen molar-refractivity contribution in [2.45, 2.75) is 45.2 Å². The van der Waals surface area contributed by atoms with E-state index in [4.69, 9.17) is 0 Å². The lowest BCUT2D eigenvalue weighted by Gasteiger charge is -2.24. The molecule has 1 aromatic heterocycles. The summed E-state index contributed by atoms with van der Waals surface area (Å²) < 4.78 is 1.81. The first-order chi connectivity index (χ1) is 11.4. The summed E-state index contributed by atoms with van der Waals surface area (Å²) in [6.45, 7) is 6.09. The minimum absolute atomic E-state index is 0.0808. The molecule has 2 N–H and O–H groups in total. The number of aromatic nitrogens is 2.